The average molecular weight is 361 g/mol. The molecule has 2 aromatic carbocycles. The lowest BCUT2D eigenvalue weighted by atomic mass is 10.2. The van der Waals surface area contributed by atoms with Crippen LogP contribution in [0.2, 0.25) is 5.02 Å². The number of carbonyl (C=O) groups is 1. The maximum atomic E-state index is 12.3. The molecule has 0 atom stereocenters. The molecule has 0 aromatic heterocycles. The topological polar surface area (TPSA) is 73.6 Å². The Kier molecular flexibility index (Phi) is 7.01. The monoisotopic (exact) mass is 360 g/mol. The molecule has 0 aliphatic heterocycles. The lowest BCUT2D eigenvalue weighted by Crippen LogP contribution is -2.12. The highest BCUT2D eigenvalue weighted by Gasteiger charge is 2.09. The maximum Gasteiger partial charge on any atom is 0.255 e. The van der Waals surface area contributed by atoms with Gasteiger partial charge in [-0.3, -0.25) is 4.79 Å². The third-order valence-corrected chi connectivity index (χ3v) is 3.75. The number of benzene rings is 2. The van der Waals surface area contributed by atoms with Crippen molar-refractivity contribution in [2.45, 2.75) is 6.61 Å². The number of amides is 1. The van der Waals surface area contributed by atoms with Gasteiger partial charge in [0.15, 0.2) is 0 Å². The minimum atomic E-state index is -0.251. The summed E-state index contributed by atoms with van der Waals surface area (Å²) < 4.78 is 10.6. The van der Waals surface area contributed by atoms with Gasteiger partial charge in [-0.1, -0.05) is 24.2 Å². The Morgan fingerprint density at radius 3 is 2.56 bits per heavy atom. The second-order valence-corrected chi connectivity index (χ2v) is 5.88. The van der Waals surface area contributed by atoms with Gasteiger partial charge in [0.05, 0.1) is 17.3 Å². The highest BCUT2D eigenvalue weighted by atomic mass is 35.5. The molecule has 0 spiro atoms. The number of carbonyl (C=O) groups excluding carboxylic acids is 1. The Labute approximate surface area is 152 Å². The SMILES string of the molecule is C=C(CN)COc1ccc(C(=O)Nc2ccc(COC)cc2Cl)cc1. The van der Waals surface area contributed by atoms with E-state index in [2.05, 4.69) is 11.9 Å². The molecule has 2 aromatic rings. The molecule has 0 saturated carbocycles. The van der Waals surface area contributed by atoms with Gasteiger partial charge in [0, 0.05) is 19.2 Å². The molecule has 0 aliphatic rings. The predicted molar refractivity (Wildman–Crippen MR) is 100 cm³/mol. The molecule has 0 fully saturated rings. The number of nitrogens with two attached hydrogens (primary N) is 1. The molecule has 0 heterocycles. The molecule has 2 rings (SSSR count). The quantitative estimate of drug-likeness (QED) is 0.705. The molecule has 0 radical (unpaired) electrons. The molecule has 1 amide bonds. The van der Waals surface area contributed by atoms with Crippen LogP contribution < -0.4 is 15.8 Å². The van der Waals surface area contributed by atoms with Crippen LogP contribution in [-0.2, 0) is 11.3 Å². The van der Waals surface area contributed by atoms with Crippen molar-refractivity contribution in [1.29, 1.82) is 0 Å². The third kappa shape index (κ3) is 5.60. The van der Waals surface area contributed by atoms with Gasteiger partial charge in [0.25, 0.3) is 5.91 Å². The summed E-state index contributed by atoms with van der Waals surface area (Å²) in [6.45, 7) is 4.97. The van der Waals surface area contributed by atoms with Crippen LogP contribution in [-0.4, -0.2) is 26.2 Å². The zero-order chi connectivity index (χ0) is 18.2. The molecule has 3 N–H and O–H groups in total. The summed E-state index contributed by atoms with van der Waals surface area (Å²) in [4.78, 5) is 12.3. The van der Waals surface area contributed by atoms with Crippen molar-refractivity contribution in [3.05, 3.63) is 70.8 Å². The van der Waals surface area contributed by atoms with Crippen molar-refractivity contribution in [2.75, 3.05) is 25.6 Å². The smallest absolute Gasteiger partial charge is 0.255 e. The molecule has 0 unspecified atom stereocenters. The summed E-state index contributed by atoms with van der Waals surface area (Å²) >= 11 is 6.20. The van der Waals surface area contributed by atoms with E-state index in [0.717, 1.165) is 11.1 Å². The molecule has 0 bridgehead atoms. The summed E-state index contributed by atoms with van der Waals surface area (Å²) in [7, 11) is 1.61. The van der Waals surface area contributed by atoms with E-state index in [0.29, 0.717) is 41.8 Å². The first-order chi connectivity index (χ1) is 12.0. The van der Waals surface area contributed by atoms with Crippen molar-refractivity contribution in [3.8, 4) is 5.75 Å². The van der Waals surface area contributed by atoms with Gasteiger partial charge in [-0.2, -0.15) is 0 Å². The summed E-state index contributed by atoms with van der Waals surface area (Å²) in [5.74, 6) is 0.396. The Morgan fingerprint density at radius 1 is 1.24 bits per heavy atom. The predicted octanol–water partition coefficient (Wildman–Crippen LogP) is 3.63. The Morgan fingerprint density at radius 2 is 1.96 bits per heavy atom. The van der Waals surface area contributed by atoms with Crippen LogP contribution >= 0.6 is 11.6 Å². The van der Waals surface area contributed by atoms with Crippen molar-refractivity contribution in [3.63, 3.8) is 0 Å². The van der Waals surface area contributed by atoms with Gasteiger partial charge >= 0.3 is 0 Å². The van der Waals surface area contributed by atoms with Crippen molar-refractivity contribution in [1.82, 2.24) is 0 Å². The Hall–Kier alpha value is -2.34. The van der Waals surface area contributed by atoms with E-state index < -0.39 is 0 Å². The Bertz CT molecular complexity index is 745. The largest absolute Gasteiger partial charge is 0.489 e. The number of methoxy groups -OCH3 is 1. The van der Waals surface area contributed by atoms with Gasteiger partial charge in [0.2, 0.25) is 0 Å². The van der Waals surface area contributed by atoms with Crippen LogP contribution in [0.4, 0.5) is 5.69 Å². The molecule has 6 heteroatoms. The number of ether oxygens (including phenoxy) is 2. The minimum Gasteiger partial charge on any atom is -0.489 e. The standard InChI is InChI=1S/C19H21ClN2O3/c1-13(10-21)11-25-16-6-4-15(5-7-16)19(23)22-18-8-3-14(12-24-2)9-17(18)20/h3-9H,1,10-12,21H2,2H3,(H,22,23). The molecule has 25 heavy (non-hydrogen) atoms. The summed E-state index contributed by atoms with van der Waals surface area (Å²) in [5.41, 5.74) is 8.25. The number of anilines is 1. The number of nitrogens with one attached hydrogen (secondary N) is 1. The number of hydrogen-bond donors (Lipinski definition) is 2. The Balaban J connectivity index is 2.00. The maximum absolute atomic E-state index is 12.3. The molecular weight excluding hydrogens is 340 g/mol. The third-order valence-electron chi connectivity index (χ3n) is 3.44. The second-order valence-electron chi connectivity index (χ2n) is 5.47. The number of rotatable bonds is 8. The van der Waals surface area contributed by atoms with Gasteiger partial charge < -0.3 is 20.5 Å². The highest BCUT2D eigenvalue weighted by Crippen LogP contribution is 2.24. The van der Waals surface area contributed by atoms with Gasteiger partial charge in [0.1, 0.15) is 12.4 Å². The summed E-state index contributed by atoms with van der Waals surface area (Å²) in [5, 5.41) is 3.25. The summed E-state index contributed by atoms with van der Waals surface area (Å²) in [6.07, 6.45) is 0. The van der Waals surface area contributed by atoms with Crippen molar-refractivity contribution >= 4 is 23.2 Å². The molecule has 0 aliphatic carbocycles. The van der Waals surface area contributed by atoms with Crippen LogP contribution in [0, 0.1) is 0 Å². The van der Waals surface area contributed by atoms with Crippen LogP contribution in [0.3, 0.4) is 0 Å². The average Bonchev–Trinajstić information content (AvgIpc) is 2.62. The van der Waals surface area contributed by atoms with Crippen LogP contribution in [0.15, 0.2) is 54.6 Å². The van der Waals surface area contributed by atoms with Crippen LogP contribution in [0.25, 0.3) is 0 Å². The highest BCUT2D eigenvalue weighted by molar-refractivity contribution is 6.34. The zero-order valence-corrected chi connectivity index (χ0v) is 14.8. The first kappa shape index (κ1) is 19.0. The summed E-state index contributed by atoms with van der Waals surface area (Å²) in [6, 6.07) is 12.2. The first-order valence-corrected chi connectivity index (χ1v) is 8.09. The van der Waals surface area contributed by atoms with E-state index in [1.165, 1.54) is 0 Å². The fourth-order valence-electron chi connectivity index (χ4n) is 2.06. The lowest BCUT2D eigenvalue weighted by molar-refractivity contribution is 0.102. The zero-order valence-electron chi connectivity index (χ0n) is 14.0. The minimum absolute atomic E-state index is 0.251. The fourth-order valence-corrected chi connectivity index (χ4v) is 2.31. The van der Waals surface area contributed by atoms with Gasteiger partial charge in [-0.15, -0.1) is 0 Å². The lowest BCUT2D eigenvalue weighted by Gasteiger charge is -2.10. The molecular formula is C19H21ClN2O3. The van der Waals surface area contributed by atoms with Crippen molar-refractivity contribution < 1.29 is 14.3 Å². The second kappa shape index (κ2) is 9.22. The number of halogens is 1. The van der Waals surface area contributed by atoms with E-state index in [1.54, 1.807) is 43.5 Å². The van der Waals surface area contributed by atoms with E-state index in [9.17, 15) is 4.79 Å². The first-order valence-electron chi connectivity index (χ1n) is 7.71. The van der Waals surface area contributed by atoms with Crippen molar-refractivity contribution in [2.24, 2.45) is 5.73 Å². The number of hydrogen-bond acceptors (Lipinski definition) is 4. The molecule has 0 saturated heterocycles. The van der Waals surface area contributed by atoms with E-state index in [-0.39, 0.29) is 5.91 Å². The van der Waals surface area contributed by atoms with Gasteiger partial charge in [-0.25, -0.2) is 0 Å². The van der Waals surface area contributed by atoms with Crippen LogP contribution in [0.5, 0.6) is 5.75 Å². The fraction of sp³-hybridized carbons (Fsp3) is 0.211. The van der Waals surface area contributed by atoms with Crippen LogP contribution in [0.1, 0.15) is 15.9 Å². The molecule has 5 nitrogen and oxygen atoms in total. The van der Waals surface area contributed by atoms with E-state index >= 15 is 0 Å². The van der Waals surface area contributed by atoms with Gasteiger partial charge in [-0.05, 0) is 47.5 Å². The van der Waals surface area contributed by atoms with E-state index in [1.807, 2.05) is 6.07 Å². The molecule has 132 valence electrons. The van der Waals surface area contributed by atoms with E-state index in [4.69, 9.17) is 26.8 Å². The normalized spacial score (nSPS) is 10.4.